The third kappa shape index (κ3) is 1.55. The quantitative estimate of drug-likeness (QED) is 0.525. The van der Waals surface area contributed by atoms with Gasteiger partial charge in [-0.2, -0.15) is 12.6 Å². The van der Waals surface area contributed by atoms with Crippen molar-refractivity contribution in [1.82, 2.24) is 9.80 Å². The van der Waals surface area contributed by atoms with Crippen LogP contribution in [0.2, 0.25) is 0 Å². The maximum Gasteiger partial charge on any atom is 0.0234 e. The molecule has 0 N–H and O–H groups in total. The van der Waals surface area contributed by atoms with Gasteiger partial charge in [0.15, 0.2) is 0 Å². The summed E-state index contributed by atoms with van der Waals surface area (Å²) in [5.41, 5.74) is 0. The summed E-state index contributed by atoms with van der Waals surface area (Å²) in [5, 5.41) is 0.631. The highest BCUT2D eigenvalue weighted by atomic mass is 32.1. The Balaban J connectivity index is 1.97. The molecule has 2 unspecified atom stereocenters. The summed E-state index contributed by atoms with van der Waals surface area (Å²) in [6.45, 7) is 4.94. The van der Waals surface area contributed by atoms with Crippen LogP contribution in [-0.4, -0.2) is 54.3 Å². The van der Waals surface area contributed by atoms with Gasteiger partial charge in [0.25, 0.3) is 0 Å². The fourth-order valence-electron chi connectivity index (χ4n) is 2.17. The first-order chi connectivity index (χ1) is 5.25. The number of piperazine rings is 1. The summed E-state index contributed by atoms with van der Waals surface area (Å²) in [6.07, 6.45) is 1.29. The van der Waals surface area contributed by atoms with E-state index >= 15 is 0 Å². The fraction of sp³-hybridized carbons (Fsp3) is 1.00. The van der Waals surface area contributed by atoms with E-state index in [1.807, 2.05) is 0 Å². The summed E-state index contributed by atoms with van der Waals surface area (Å²) >= 11 is 4.52. The number of hydrogen-bond acceptors (Lipinski definition) is 3. The molecule has 0 aromatic rings. The molecule has 0 saturated carbocycles. The Morgan fingerprint density at radius 1 is 1.27 bits per heavy atom. The average molecular weight is 172 g/mol. The molecule has 0 aromatic heterocycles. The molecule has 0 radical (unpaired) electrons. The zero-order valence-electron chi connectivity index (χ0n) is 7.03. The molecule has 2 aliphatic heterocycles. The van der Waals surface area contributed by atoms with E-state index in [1.54, 1.807) is 0 Å². The molecule has 3 heteroatoms. The molecule has 2 rings (SSSR count). The zero-order valence-corrected chi connectivity index (χ0v) is 7.93. The average Bonchev–Trinajstić information content (AvgIpc) is 2.27. The smallest absolute Gasteiger partial charge is 0.0234 e. The Hall–Kier alpha value is 0.270. The number of rotatable bonds is 0. The molecule has 0 aromatic carbocycles. The number of nitrogens with zero attached hydrogens (tertiary/aromatic N) is 2. The summed E-state index contributed by atoms with van der Waals surface area (Å²) in [5.74, 6) is 0. The van der Waals surface area contributed by atoms with Crippen molar-refractivity contribution in [3.05, 3.63) is 0 Å². The van der Waals surface area contributed by atoms with Crippen LogP contribution in [0.4, 0.5) is 0 Å². The van der Waals surface area contributed by atoms with E-state index in [0.29, 0.717) is 5.25 Å². The maximum atomic E-state index is 4.52. The van der Waals surface area contributed by atoms with Crippen LogP contribution in [0, 0.1) is 0 Å². The van der Waals surface area contributed by atoms with Gasteiger partial charge in [-0.1, -0.05) is 0 Å². The lowest BCUT2D eigenvalue weighted by Crippen LogP contribution is -2.48. The second-order valence-electron chi connectivity index (χ2n) is 3.80. The van der Waals surface area contributed by atoms with E-state index in [9.17, 15) is 0 Å². The molecule has 2 heterocycles. The Labute approximate surface area is 74.0 Å². The molecule has 0 aliphatic carbocycles. The third-order valence-electron chi connectivity index (χ3n) is 2.80. The molecule has 2 atom stereocenters. The van der Waals surface area contributed by atoms with Gasteiger partial charge in [0, 0.05) is 37.5 Å². The predicted octanol–water partition coefficient (Wildman–Crippen LogP) is 0.304. The number of thiol groups is 1. The van der Waals surface area contributed by atoms with Crippen LogP contribution >= 0.6 is 12.6 Å². The highest BCUT2D eigenvalue weighted by Crippen LogP contribution is 2.24. The number of fused-ring (bicyclic) bond motifs is 1. The lowest BCUT2D eigenvalue weighted by atomic mass is 10.2. The van der Waals surface area contributed by atoms with Gasteiger partial charge < -0.3 is 4.90 Å². The first kappa shape index (κ1) is 7.90. The topological polar surface area (TPSA) is 6.48 Å². The van der Waals surface area contributed by atoms with Gasteiger partial charge in [0.2, 0.25) is 0 Å². The standard InChI is InChI=1S/C8H16N2S/c1-9-2-3-10-6-8(11)4-7(10)5-9/h7-8,11H,2-6H2,1H3. The van der Waals surface area contributed by atoms with Crippen molar-refractivity contribution in [3.63, 3.8) is 0 Å². The summed E-state index contributed by atoms with van der Waals surface area (Å²) in [6, 6.07) is 0.802. The largest absolute Gasteiger partial charge is 0.304 e. The SMILES string of the molecule is CN1CCN2CC(S)CC2C1. The second-order valence-corrected chi connectivity index (χ2v) is 4.53. The van der Waals surface area contributed by atoms with Crippen molar-refractivity contribution in [2.24, 2.45) is 0 Å². The minimum atomic E-state index is 0.631. The highest BCUT2D eigenvalue weighted by molar-refractivity contribution is 7.81. The van der Waals surface area contributed by atoms with E-state index in [-0.39, 0.29) is 0 Å². The molecule has 2 saturated heterocycles. The number of hydrogen-bond donors (Lipinski definition) is 1. The van der Waals surface area contributed by atoms with Gasteiger partial charge >= 0.3 is 0 Å². The van der Waals surface area contributed by atoms with Crippen LogP contribution in [-0.2, 0) is 0 Å². The Kier molecular flexibility index (Phi) is 2.12. The van der Waals surface area contributed by atoms with Crippen molar-refractivity contribution in [3.8, 4) is 0 Å². The molecule has 2 nitrogen and oxygen atoms in total. The first-order valence-corrected chi connectivity index (χ1v) is 4.88. The van der Waals surface area contributed by atoms with Crippen LogP contribution in [0.15, 0.2) is 0 Å². The summed E-state index contributed by atoms with van der Waals surface area (Å²) in [7, 11) is 2.21. The van der Waals surface area contributed by atoms with Crippen molar-refractivity contribution in [2.45, 2.75) is 17.7 Å². The van der Waals surface area contributed by atoms with Gasteiger partial charge in [-0.15, -0.1) is 0 Å². The molecular weight excluding hydrogens is 156 g/mol. The van der Waals surface area contributed by atoms with Crippen molar-refractivity contribution in [1.29, 1.82) is 0 Å². The minimum Gasteiger partial charge on any atom is -0.304 e. The number of likely N-dealkylation sites (N-methyl/N-ethyl adjacent to an activating group) is 1. The molecule has 11 heavy (non-hydrogen) atoms. The maximum absolute atomic E-state index is 4.52. The molecule has 0 amide bonds. The highest BCUT2D eigenvalue weighted by Gasteiger charge is 2.33. The van der Waals surface area contributed by atoms with Gasteiger partial charge in [-0.3, -0.25) is 4.90 Å². The van der Waals surface area contributed by atoms with Gasteiger partial charge in [-0.25, -0.2) is 0 Å². The van der Waals surface area contributed by atoms with Gasteiger partial charge in [0.05, 0.1) is 0 Å². The van der Waals surface area contributed by atoms with Crippen LogP contribution in [0.5, 0.6) is 0 Å². The van der Waals surface area contributed by atoms with Crippen molar-refractivity contribution < 1.29 is 0 Å². The van der Waals surface area contributed by atoms with Crippen LogP contribution < -0.4 is 0 Å². The van der Waals surface area contributed by atoms with Crippen molar-refractivity contribution in [2.75, 3.05) is 33.2 Å². The second kappa shape index (κ2) is 2.96. The lowest BCUT2D eigenvalue weighted by Gasteiger charge is -2.35. The molecule has 64 valence electrons. The van der Waals surface area contributed by atoms with E-state index in [4.69, 9.17) is 0 Å². The van der Waals surface area contributed by atoms with E-state index in [0.717, 1.165) is 6.04 Å². The van der Waals surface area contributed by atoms with E-state index in [2.05, 4.69) is 29.5 Å². The Morgan fingerprint density at radius 2 is 2.09 bits per heavy atom. The van der Waals surface area contributed by atoms with Crippen LogP contribution in [0.25, 0.3) is 0 Å². The van der Waals surface area contributed by atoms with Crippen LogP contribution in [0.3, 0.4) is 0 Å². The van der Waals surface area contributed by atoms with Gasteiger partial charge in [0.1, 0.15) is 0 Å². The van der Waals surface area contributed by atoms with Crippen molar-refractivity contribution >= 4 is 12.6 Å². The third-order valence-corrected chi connectivity index (χ3v) is 3.17. The minimum absolute atomic E-state index is 0.631. The molecule has 0 bridgehead atoms. The summed E-state index contributed by atoms with van der Waals surface area (Å²) < 4.78 is 0. The molecule has 0 spiro atoms. The normalized spacial score (nSPS) is 40.9. The van der Waals surface area contributed by atoms with Crippen LogP contribution in [0.1, 0.15) is 6.42 Å². The summed E-state index contributed by atoms with van der Waals surface area (Å²) in [4.78, 5) is 5.00. The first-order valence-electron chi connectivity index (χ1n) is 4.36. The molecule has 2 fully saturated rings. The molecule has 2 aliphatic rings. The predicted molar refractivity (Wildman–Crippen MR) is 50.2 cm³/mol. The van der Waals surface area contributed by atoms with E-state index < -0.39 is 0 Å². The van der Waals surface area contributed by atoms with E-state index in [1.165, 1.54) is 32.6 Å². The zero-order chi connectivity index (χ0) is 7.84. The molecular formula is C8H16N2S. The Bertz CT molecular complexity index is 151. The lowest BCUT2D eigenvalue weighted by molar-refractivity contribution is 0.124. The fourth-order valence-corrected chi connectivity index (χ4v) is 2.62. The monoisotopic (exact) mass is 172 g/mol. The Morgan fingerprint density at radius 3 is 2.91 bits per heavy atom. The van der Waals surface area contributed by atoms with Gasteiger partial charge in [-0.05, 0) is 13.5 Å².